The van der Waals surface area contributed by atoms with Crippen molar-refractivity contribution in [3.05, 3.63) is 58.1 Å². The Bertz CT molecular complexity index is 1430. The van der Waals surface area contributed by atoms with Crippen LogP contribution in [0, 0.1) is 5.82 Å². The Morgan fingerprint density at radius 3 is 2.74 bits per heavy atom. The number of nitrogens with zero attached hydrogens (tertiary/aromatic N) is 3. The van der Waals surface area contributed by atoms with Crippen LogP contribution in [0.4, 0.5) is 10.1 Å². The van der Waals surface area contributed by atoms with Crippen LogP contribution in [-0.2, 0) is 0 Å². The van der Waals surface area contributed by atoms with Gasteiger partial charge < -0.3 is 25.0 Å². The van der Waals surface area contributed by atoms with Gasteiger partial charge in [0.2, 0.25) is 5.43 Å². The van der Waals surface area contributed by atoms with E-state index in [9.17, 15) is 9.59 Å². The topological polar surface area (TPSA) is 69.6 Å². The lowest BCUT2D eigenvalue weighted by atomic mass is 10.1. The molecule has 2 saturated heterocycles. The van der Waals surface area contributed by atoms with Crippen molar-refractivity contribution in [2.75, 3.05) is 51.6 Å². The van der Waals surface area contributed by atoms with Crippen molar-refractivity contribution in [2.24, 2.45) is 0 Å². The van der Waals surface area contributed by atoms with Gasteiger partial charge >= 0.3 is 0 Å². The molecule has 2 fully saturated rings. The number of rotatable bonds is 8. The first-order chi connectivity index (χ1) is 18.5. The highest BCUT2D eigenvalue weighted by Crippen LogP contribution is 2.46. The van der Waals surface area contributed by atoms with E-state index in [0.29, 0.717) is 35.2 Å². The molecule has 0 bridgehead atoms. The highest BCUT2D eigenvalue weighted by atomic mass is 32.2. The van der Waals surface area contributed by atoms with Crippen LogP contribution < -0.4 is 16.1 Å². The van der Waals surface area contributed by atoms with Gasteiger partial charge in [-0.3, -0.25) is 9.59 Å². The van der Waals surface area contributed by atoms with Crippen molar-refractivity contribution in [3.63, 3.8) is 0 Å². The average Bonchev–Trinajstić information content (AvgIpc) is 3.58. The number of nitrogens with one attached hydrogen (secondary N) is 2. The maximum atomic E-state index is 15.6. The summed E-state index contributed by atoms with van der Waals surface area (Å²) < 4.78 is 17.5. The monoisotopic (exact) mass is 535 g/mol. The molecular formula is C29H34FN5O2S. The number of fused-ring (bicyclic) bond motifs is 2. The van der Waals surface area contributed by atoms with Gasteiger partial charge in [0.1, 0.15) is 11.4 Å². The van der Waals surface area contributed by atoms with Crippen LogP contribution in [0.25, 0.3) is 16.6 Å². The largest absolute Gasteiger partial charge is 0.382 e. The van der Waals surface area contributed by atoms with E-state index in [1.54, 1.807) is 6.20 Å². The van der Waals surface area contributed by atoms with E-state index in [-0.39, 0.29) is 10.9 Å². The van der Waals surface area contributed by atoms with Gasteiger partial charge in [0.15, 0.2) is 0 Å². The van der Waals surface area contributed by atoms with E-state index >= 15 is 4.39 Å². The summed E-state index contributed by atoms with van der Waals surface area (Å²) in [4.78, 5) is 33.0. The summed E-state index contributed by atoms with van der Waals surface area (Å²) in [5, 5.41) is 6.50. The van der Waals surface area contributed by atoms with Crippen molar-refractivity contribution < 1.29 is 9.18 Å². The van der Waals surface area contributed by atoms with Gasteiger partial charge in [0.05, 0.1) is 27.2 Å². The minimum atomic E-state index is -0.464. The second-order valence-electron chi connectivity index (χ2n) is 10.6. The molecule has 2 aromatic carbocycles. The summed E-state index contributed by atoms with van der Waals surface area (Å²) in [5.74, 6) is -0.880. The number of hydrogen-bond acceptors (Lipinski definition) is 6. The summed E-state index contributed by atoms with van der Waals surface area (Å²) in [5.41, 5.74) is 1.55. The highest BCUT2D eigenvalue weighted by molar-refractivity contribution is 8.00. The van der Waals surface area contributed by atoms with Crippen molar-refractivity contribution in [3.8, 4) is 5.69 Å². The zero-order chi connectivity index (χ0) is 26.2. The first-order valence-corrected chi connectivity index (χ1v) is 14.5. The van der Waals surface area contributed by atoms with Crippen molar-refractivity contribution in [1.82, 2.24) is 19.7 Å². The first kappa shape index (κ1) is 25.4. The first-order valence-electron chi connectivity index (χ1n) is 13.6. The molecule has 1 amide bonds. The van der Waals surface area contributed by atoms with Crippen molar-refractivity contribution in [1.29, 1.82) is 0 Å². The number of benzene rings is 2. The Labute approximate surface area is 226 Å². The number of para-hydroxylation sites is 1. The van der Waals surface area contributed by atoms with Gasteiger partial charge in [-0.1, -0.05) is 23.9 Å². The normalized spacial score (nSPS) is 19.2. The Kier molecular flexibility index (Phi) is 7.16. The number of carbonyl (C=O) groups is 1. The summed E-state index contributed by atoms with van der Waals surface area (Å²) in [6.07, 6.45) is 7.29. The molecule has 3 aliphatic rings. The molecule has 0 aliphatic carbocycles. The number of hydrogen-bond donors (Lipinski definition) is 2. The van der Waals surface area contributed by atoms with Crippen LogP contribution in [0.5, 0.6) is 0 Å². The summed E-state index contributed by atoms with van der Waals surface area (Å²) in [6, 6.07) is 9.65. The molecule has 200 valence electrons. The lowest BCUT2D eigenvalue weighted by Gasteiger charge is -2.26. The molecule has 0 saturated carbocycles. The molecule has 1 atom stereocenters. The minimum absolute atomic E-state index is 0.0379. The van der Waals surface area contributed by atoms with E-state index in [1.165, 1.54) is 37.1 Å². The molecule has 1 unspecified atom stereocenters. The van der Waals surface area contributed by atoms with Gasteiger partial charge in [-0.25, -0.2) is 4.39 Å². The fourth-order valence-corrected chi connectivity index (χ4v) is 7.25. The molecule has 1 aromatic heterocycles. The van der Waals surface area contributed by atoms with Crippen LogP contribution in [0.15, 0.2) is 51.1 Å². The Balaban J connectivity index is 1.35. The SMILES string of the molecule is CN1CCCC1CCNc1c(F)cc2c(=O)c(C(=O)NCCN3CCCC3)cn3c2c1Sc1ccccc1-3. The number of halogens is 1. The van der Waals surface area contributed by atoms with Crippen molar-refractivity contribution in [2.45, 2.75) is 47.9 Å². The van der Waals surface area contributed by atoms with E-state index in [1.807, 2.05) is 28.8 Å². The molecule has 3 aliphatic heterocycles. The molecule has 2 N–H and O–H groups in total. The van der Waals surface area contributed by atoms with Crippen LogP contribution >= 0.6 is 11.8 Å². The average molecular weight is 536 g/mol. The smallest absolute Gasteiger partial charge is 0.256 e. The van der Waals surface area contributed by atoms with Crippen LogP contribution in [0.2, 0.25) is 0 Å². The lowest BCUT2D eigenvalue weighted by Crippen LogP contribution is -2.36. The van der Waals surface area contributed by atoms with Crippen LogP contribution in [-0.4, -0.2) is 72.6 Å². The third-order valence-electron chi connectivity index (χ3n) is 8.14. The van der Waals surface area contributed by atoms with Gasteiger partial charge in [-0.2, -0.15) is 0 Å². The van der Waals surface area contributed by atoms with Gasteiger partial charge in [-0.05, 0) is 77.0 Å². The number of aromatic nitrogens is 1. The maximum Gasteiger partial charge on any atom is 0.256 e. The number of carbonyl (C=O) groups excluding carboxylic acids is 1. The third kappa shape index (κ3) is 4.72. The lowest BCUT2D eigenvalue weighted by molar-refractivity contribution is 0.0948. The number of pyridine rings is 1. The predicted molar refractivity (Wildman–Crippen MR) is 150 cm³/mol. The van der Waals surface area contributed by atoms with Gasteiger partial charge in [0, 0.05) is 36.8 Å². The van der Waals surface area contributed by atoms with E-state index in [4.69, 9.17) is 0 Å². The van der Waals surface area contributed by atoms with Crippen LogP contribution in [0.3, 0.4) is 0 Å². The van der Waals surface area contributed by atoms with E-state index in [2.05, 4.69) is 27.5 Å². The third-order valence-corrected chi connectivity index (χ3v) is 9.31. The maximum absolute atomic E-state index is 15.6. The number of amides is 1. The van der Waals surface area contributed by atoms with E-state index in [0.717, 1.165) is 49.6 Å². The zero-order valence-corrected chi connectivity index (χ0v) is 22.6. The molecule has 6 rings (SSSR count). The minimum Gasteiger partial charge on any atom is -0.382 e. The molecule has 0 spiro atoms. The molecule has 3 aromatic rings. The molecular weight excluding hydrogens is 501 g/mol. The number of anilines is 1. The van der Waals surface area contributed by atoms with E-state index < -0.39 is 17.2 Å². The predicted octanol–water partition coefficient (Wildman–Crippen LogP) is 4.32. The zero-order valence-electron chi connectivity index (χ0n) is 21.8. The van der Waals surface area contributed by atoms with Gasteiger partial charge in [0.25, 0.3) is 5.91 Å². The Morgan fingerprint density at radius 2 is 1.95 bits per heavy atom. The van der Waals surface area contributed by atoms with Crippen LogP contribution in [0.1, 0.15) is 42.5 Å². The fourth-order valence-electron chi connectivity index (χ4n) is 6.03. The second kappa shape index (κ2) is 10.7. The Morgan fingerprint density at radius 1 is 1.13 bits per heavy atom. The highest BCUT2D eigenvalue weighted by Gasteiger charge is 2.28. The van der Waals surface area contributed by atoms with Gasteiger partial charge in [-0.15, -0.1) is 0 Å². The summed E-state index contributed by atoms with van der Waals surface area (Å²) >= 11 is 1.47. The Hall–Kier alpha value is -2.88. The second-order valence-corrected chi connectivity index (χ2v) is 11.6. The summed E-state index contributed by atoms with van der Waals surface area (Å²) in [6.45, 7) is 5.08. The fraction of sp³-hybridized carbons (Fsp3) is 0.448. The molecule has 7 nitrogen and oxygen atoms in total. The molecule has 9 heteroatoms. The van der Waals surface area contributed by atoms with Crippen molar-refractivity contribution >= 4 is 34.3 Å². The quantitative estimate of drug-likeness (QED) is 0.350. The number of likely N-dealkylation sites (tertiary alicyclic amines) is 2. The standard InChI is InChI=1S/C29H34FN5O2S/c1-33-13-6-7-19(33)10-11-31-25-22(30)17-20-26-28(25)38-24-9-3-2-8-23(24)35(26)18-21(27(20)36)29(37)32-12-16-34-14-4-5-15-34/h2-3,8-9,17-19,31H,4-7,10-16H2,1H3,(H,32,37). The molecule has 0 radical (unpaired) electrons. The summed E-state index contributed by atoms with van der Waals surface area (Å²) in [7, 11) is 2.14. The molecule has 38 heavy (non-hydrogen) atoms. The molecule has 4 heterocycles.